The second-order valence-corrected chi connectivity index (χ2v) is 7.37. The standard InChI is InChI=1S/C21H24N6/c1-13(2)19(23)27-20(24)17-5-3-4-6-18(17)21(25-27)26-10-9-14-7-8-16(22)11-15(14)12-26/h3-8,11,13,23-24H,9-10,12,22H2,1-2H3. The Hall–Kier alpha value is -3.15. The van der Waals surface area contributed by atoms with E-state index >= 15 is 0 Å². The molecule has 2 heterocycles. The van der Waals surface area contributed by atoms with Gasteiger partial charge in [0.25, 0.3) is 0 Å². The van der Waals surface area contributed by atoms with Gasteiger partial charge in [-0.3, -0.25) is 10.8 Å². The van der Waals surface area contributed by atoms with Crippen LogP contribution >= 0.6 is 0 Å². The summed E-state index contributed by atoms with van der Waals surface area (Å²) >= 11 is 0. The lowest BCUT2D eigenvalue weighted by molar-refractivity contribution is 0.686. The van der Waals surface area contributed by atoms with Gasteiger partial charge in [-0.25, -0.2) is 0 Å². The highest BCUT2D eigenvalue weighted by Gasteiger charge is 2.22. The molecule has 138 valence electrons. The van der Waals surface area contributed by atoms with Gasteiger partial charge in [-0.1, -0.05) is 44.2 Å². The second kappa shape index (κ2) is 6.54. The molecule has 6 heteroatoms. The predicted octanol–water partition coefficient (Wildman–Crippen LogP) is 3.14. The lowest BCUT2D eigenvalue weighted by atomic mass is 9.99. The third-order valence-corrected chi connectivity index (χ3v) is 5.15. The van der Waals surface area contributed by atoms with Gasteiger partial charge in [0.1, 0.15) is 5.84 Å². The smallest absolute Gasteiger partial charge is 0.157 e. The van der Waals surface area contributed by atoms with Crippen LogP contribution in [0.15, 0.2) is 42.5 Å². The highest BCUT2D eigenvalue weighted by atomic mass is 15.4. The van der Waals surface area contributed by atoms with Crippen LogP contribution in [0.3, 0.4) is 0 Å². The van der Waals surface area contributed by atoms with Crippen LogP contribution in [0.4, 0.5) is 11.5 Å². The first-order valence-electron chi connectivity index (χ1n) is 9.23. The van der Waals surface area contributed by atoms with E-state index in [1.54, 1.807) is 0 Å². The maximum absolute atomic E-state index is 8.54. The third kappa shape index (κ3) is 2.97. The molecule has 0 atom stereocenters. The SMILES string of the molecule is CC(C)C(=N)n1nc(N2CCc3ccc(N)cc3C2)c2ccccc2c1=N. The Morgan fingerprint density at radius 1 is 1.11 bits per heavy atom. The van der Waals surface area contributed by atoms with Gasteiger partial charge in [-0.05, 0) is 29.7 Å². The summed E-state index contributed by atoms with van der Waals surface area (Å²) in [5.41, 5.74) is 9.55. The summed E-state index contributed by atoms with van der Waals surface area (Å²) in [4.78, 5) is 2.23. The summed E-state index contributed by atoms with van der Waals surface area (Å²) in [7, 11) is 0. The molecule has 0 amide bonds. The number of nitrogens with zero attached hydrogens (tertiary/aromatic N) is 3. The van der Waals surface area contributed by atoms with Gasteiger partial charge >= 0.3 is 0 Å². The van der Waals surface area contributed by atoms with Crippen LogP contribution in [0, 0.1) is 16.7 Å². The molecule has 3 aromatic rings. The molecule has 0 saturated carbocycles. The highest BCUT2D eigenvalue weighted by Crippen LogP contribution is 2.28. The van der Waals surface area contributed by atoms with Crippen molar-refractivity contribution < 1.29 is 0 Å². The molecule has 1 aromatic heterocycles. The van der Waals surface area contributed by atoms with Gasteiger partial charge in [0.2, 0.25) is 0 Å². The molecule has 4 rings (SSSR count). The minimum Gasteiger partial charge on any atom is -0.399 e. The van der Waals surface area contributed by atoms with Crippen LogP contribution in [-0.2, 0) is 13.0 Å². The largest absolute Gasteiger partial charge is 0.399 e. The van der Waals surface area contributed by atoms with E-state index < -0.39 is 0 Å². The molecule has 0 aliphatic carbocycles. The summed E-state index contributed by atoms with van der Waals surface area (Å²) < 4.78 is 1.47. The molecule has 0 bridgehead atoms. The van der Waals surface area contributed by atoms with Crippen molar-refractivity contribution >= 4 is 28.1 Å². The third-order valence-electron chi connectivity index (χ3n) is 5.15. The molecular weight excluding hydrogens is 336 g/mol. The van der Waals surface area contributed by atoms with Crippen LogP contribution in [0.25, 0.3) is 10.8 Å². The average molecular weight is 360 g/mol. The molecule has 0 saturated heterocycles. The molecule has 27 heavy (non-hydrogen) atoms. The van der Waals surface area contributed by atoms with Crippen LogP contribution in [-0.4, -0.2) is 22.2 Å². The maximum atomic E-state index is 8.54. The summed E-state index contributed by atoms with van der Waals surface area (Å²) in [5, 5.41) is 23.4. The Labute approximate surface area is 158 Å². The number of rotatable bonds is 2. The number of nitrogen functional groups attached to an aromatic ring is 1. The van der Waals surface area contributed by atoms with Crippen LogP contribution in [0.2, 0.25) is 0 Å². The van der Waals surface area contributed by atoms with Crippen molar-refractivity contribution in [3.05, 3.63) is 59.1 Å². The lowest BCUT2D eigenvalue weighted by Crippen LogP contribution is -2.37. The Kier molecular flexibility index (Phi) is 4.18. The first-order chi connectivity index (χ1) is 13.0. The molecule has 0 fully saturated rings. The van der Waals surface area contributed by atoms with Crippen molar-refractivity contribution in [2.24, 2.45) is 5.92 Å². The van der Waals surface area contributed by atoms with E-state index in [9.17, 15) is 0 Å². The molecule has 0 spiro atoms. The van der Waals surface area contributed by atoms with Gasteiger partial charge in [0.15, 0.2) is 11.3 Å². The topological polar surface area (TPSA) is 94.8 Å². The fraction of sp³-hybridized carbons (Fsp3) is 0.286. The van der Waals surface area contributed by atoms with Gasteiger partial charge < -0.3 is 10.6 Å². The molecule has 6 nitrogen and oxygen atoms in total. The molecular formula is C21H24N6. The Bertz CT molecular complexity index is 1100. The van der Waals surface area contributed by atoms with Crippen molar-refractivity contribution in [1.29, 1.82) is 10.8 Å². The van der Waals surface area contributed by atoms with Gasteiger partial charge in [-0.2, -0.15) is 4.68 Å². The lowest BCUT2D eigenvalue weighted by Gasteiger charge is -2.31. The van der Waals surface area contributed by atoms with E-state index in [2.05, 4.69) is 11.0 Å². The van der Waals surface area contributed by atoms with Gasteiger partial charge in [-0.15, -0.1) is 5.10 Å². The van der Waals surface area contributed by atoms with E-state index in [4.69, 9.17) is 21.7 Å². The van der Waals surface area contributed by atoms with E-state index in [1.807, 2.05) is 50.2 Å². The molecule has 0 radical (unpaired) electrons. The van der Waals surface area contributed by atoms with Crippen molar-refractivity contribution in [3.63, 3.8) is 0 Å². The van der Waals surface area contributed by atoms with Crippen LogP contribution < -0.4 is 16.1 Å². The first kappa shape index (κ1) is 17.3. The van der Waals surface area contributed by atoms with Crippen molar-refractivity contribution in [2.45, 2.75) is 26.8 Å². The first-order valence-corrected chi connectivity index (χ1v) is 9.23. The zero-order chi connectivity index (χ0) is 19.1. The quantitative estimate of drug-likeness (QED) is 0.372. The number of fused-ring (bicyclic) bond motifs is 2. The number of anilines is 2. The van der Waals surface area contributed by atoms with Crippen molar-refractivity contribution in [2.75, 3.05) is 17.2 Å². The van der Waals surface area contributed by atoms with Crippen molar-refractivity contribution in [3.8, 4) is 0 Å². The predicted molar refractivity (Wildman–Crippen MR) is 109 cm³/mol. The molecule has 2 aromatic carbocycles. The summed E-state index contributed by atoms with van der Waals surface area (Å²) in [6, 6.07) is 13.9. The Morgan fingerprint density at radius 2 is 1.85 bits per heavy atom. The monoisotopic (exact) mass is 360 g/mol. The normalized spacial score (nSPS) is 13.8. The van der Waals surface area contributed by atoms with Crippen molar-refractivity contribution in [1.82, 2.24) is 9.78 Å². The minimum atomic E-state index is -0.0116. The molecule has 1 aliphatic rings. The summed E-state index contributed by atoms with van der Waals surface area (Å²) in [6.07, 6.45) is 0.926. The number of hydrogen-bond donors (Lipinski definition) is 3. The van der Waals surface area contributed by atoms with E-state index in [0.717, 1.165) is 41.8 Å². The number of nitrogens with one attached hydrogen (secondary N) is 2. The van der Waals surface area contributed by atoms with E-state index in [-0.39, 0.29) is 11.4 Å². The summed E-state index contributed by atoms with van der Waals surface area (Å²) in [5.74, 6) is 1.14. The number of hydrogen-bond acceptors (Lipinski definition) is 5. The number of nitrogens with two attached hydrogens (primary N) is 1. The van der Waals surface area contributed by atoms with Crippen LogP contribution in [0.5, 0.6) is 0 Å². The van der Waals surface area contributed by atoms with E-state index in [0.29, 0.717) is 5.84 Å². The molecule has 0 unspecified atom stereocenters. The molecule has 1 aliphatic heterocycles. The fourth-order valence-electron chi connectivity index (χ4n) is 3.61. The zero-order valence-corrected chi connectivity index (χ0v) is 15.7. The summed E-state index contributed by atoms with van der Waals surface area (Å²) in [6.45, 7) is 5.47. The Balaban J connectivity index is 1.88. The number of benzene rings is 2. The fourth-order valence-corrected chi connectivity index (χ4v) is 3.61. The number of aromatic nitrogens is 2. The minimum absolute atomic E-state index is 0.0116. The Morgan fingerprint density at radius 3 is 2.59 bits per heavy atom. The molecule has 4 N–H and O–H groups in total. The van der Waals surface area contributed by atoms with E-state index in [1.165, 1.54) is 15.8 Å². The maximum Gasteiger partial charge on any atom is 0.157 e. The van der Waals surface area contributed by atoms with Crippen LogP contribution in [0.1, 0.15) is 25.0 Å². The average Bonchev–Trinajstić information content (AvgIpc) is 2.67. The highest BCUT2D eigenvalue weighted by molar-refractivity contribution is 5.93. The zero-order valence-electron chi connectivity index (χ0n) is 15.7. The van der Waals surface area contributed by atoms with Gasteiger partial charge in [0, 0.05) is 35.5 Å². The second-order valence-electron chi connectivity index (χ2n) is 7.37. The van der Waals surface area contributed by atoms with Gasteiger partial charge in [0.05, 0.1) is 0 Å².